The van der Waals surface area contributed by atoms with Crippen molar-refractivity contribution in [3.63, 3.8) is 0 Å². The third kappa shape index (κ3) is 23.5. The summed E-state index contributed by atoms with van der Waals surface area (Å²) in [6.45, 7) is 1.39. The number of aliphatic hydroxyl groups is 11. The van der Waals surface area contributed by atoms with Crippen LogP contribution in [0.2, 0.25) is 0 Å². The third-order valence-corrected chi connectivity index (χ3v) is 13.3. The van der Waals surface area contributed by atoms with E-state index in [1.807, 2.05) is 13.0 Å². The molecule has 0 aliphatic carbocycles. The Morgan fingerprint density at radius 2 is 0.932 bits per heavy atom. The molecule has 19 heteroatoms. The molecule has 0 saturated carbocycles. The molecule has 19 nitrogen and oxygen atoms in total. The van der Waals surface area contributed by atoms with E-state index in [4.69, 9.17) is 28.4 Å². The molecule has 0 aromatic carbocycles. The van der Waals surface area contributed by atoms with Crippen molar-refractivity contribution in [2.75, 3.05) is 26.4 Å². The second-order valence-electron chi connectivity index (χ2n) is 19.3. The Labute approximate surface area is 438 Å². The summed E-state index contributed by atoms with van der Waals surface area (Å²) in [4.78, 5) is 13.1. The highest BCUT2D eigenvalue weighted by Gasteiger charge is 2.53. The first-order valence-corrected chi connectivity index (χ1v) is 27.2. The van der Waals surface area contributed by atoms with Crippen LogP contribution >= 0.6 is 0 Å². The Hall–Kier alpha value is -2.77. The van der Waals surface area contributed by atoms with E-state index >= 15 is 0 Å². The molecular weight excluding hydrogens is 963 g/mol. The summed E-state index contributed by atoms with van der Waals surface area (Å²) in [7, 11) is 0. The number of hydrogen-bond acceptors (Lipinski definition) is 18. The van der Waals surface area contributed by atoms with E-state index in [1.54, 1.807) is 6.08 Å². The molecule has 17 atom stereocenters. The number of rotatable bonds is 37. The van der Waals surface area contributed by atoms with Gasteiger partial charge in [-0.3, -0.25) is 4.79 Å². The summed E-state index contributed by atoms with van der Waals surface area (Å²) in [6.07, 6.45) is 17.1. The van der Waals surface area contributed by atoms with Crippen molar-refractivity contribution in [2.24, 2.45) is 0 Å². The predicted molar refractivity (Wildman–Crippen MR) is 277 cm³/mol. The van der Waals surface area contributed by atoms with Crippen LogP contribution < -0.4 is 5.32 Å². The maximum Gasteiger partial charge on any atom is 0.220 e. The molecule has 3 aliphatic rings. The first kappa shape index (κ1) is 65.5. The minimum atomic E-state index is -1.98. The molecule has 17 unspecified atom stereocenters. The van der Waals surface area contributed by atoms with Crippen molar-refractivity contribution in [1.29, 1.82) is 0 Å². The summed E-state index contributed by atoms with van der Waals surface area (Å²) in [6, 6.07) is -0.975. The maximum absolute atomic E-state index is 13.1. The molecule has 0 bridgehead atoms. The number of ether oxygens (including phenoxy) is 6. The summed E-state index contributed by atoms with van der Waals surface area (Å²) in [5, 5.41) is 119. The molecule has 0 radical (unpaired) electrons. The fraction of sp³-hybridized carbons (Fsp3) is 0.764. The number of carbonyl (C=O) groups excluding carboxylic acids is 1. The van der Waals surface area contributed by atoms with Gasteiger partial charge in [-0.15, -0.1) is 0 Å². The molecule has 0 aromatic heterocycles. The first-order valence-electron chi connectivity index (χ1n) is 27.2. The number of aliphatic hydroxyl groups excluding tert-OH is 11. The summed E-state index contributed by atoms with van der Waals surface area (Å²) in [5.74, 6) is -0.297. The molecule has 3 aliphatic heterocycles. The fourth-order valence-corrected chi connectivity index (χ4v) is 8.73. The van der Waals surface area contributed by atoms with Gasteiger partial charge in [-0.1, -0.05) is 145 Å². The van der Waals surface area contributed by atoms with Crippen LogP contribution in [0.5, 0.6) is 0 Å². The van der Waals surface area contributed by atoms with Crippen LogP contribution in [0.4, 0.5) is 0 Å². The van der Waals surface area contributed by atoms with E-state index in [2.05, 4.69) is 73.0 Å². The van der Waals surface area contributed by atoms with Crippen molar-refractivity contribution in [2.45, 2.75) is 240 Å². The van der Waals surface area contributed by atoms with Gasteiger partial charge in [-0.25, -0.2) is 0 Å². The average Bonchev–Trinajstić information content (AvgIpc) is 3.40. The molecular formula is C55H93NO18. The van der Waals surface area contributed by atoms with Gasteiger partial charge >= 0.3 is 0 Å². The highest BCUT2D eigenvalue weighted by Crippen LogP contribution is 2.33. The zero-order chi connectivity index (χ0) is 54.1. The molecule has 3 fully saturated rings. The monoisotopic (exact) mass is 1060 g/mol. The Morgan fingerprint density at radius 1 is 0.500 bits per heavy atom. The maximum atomic E-state index is 13.1. The average molecular weight is 1060 g/mol. The quantitative estimate of drug-likeness (QED) is 0.0314. The minimum absolute atomic E-state index is 0.229. The Morgan fingerprint density at radius 3 is 1.45 bits per heavy atom. The first-order chi connectivity index (χ1) is 35.8. The van der Waals surface area contributed by atoms with Gasteiger partial charge in [-0.2, -0.15) is 0 Å². The highest BCUT2D eigenvalue weighted by molar-refractivity contribution is 5.76. The van der Waals surface area contributed by atoms with Crippen LogP contribution in [0.15, 0.2) is 72.9 Å². The van der Waals surface area contributed by atoms with Gasteiger partial charge in [0, 0.05) is 6.42 Å². The molecule has 3 rings (SSSR count). The number of nitrogens with one attached hydrogen (secondary N) is 1. The van der Waals surface area contributed by atoms with Gasteiger partial charge in [0.05, 0.1) is 38.6 Å². The lowest BCUT2D eigenvalue weighted by Crippen LogP contribution is -2.66. The Balaban J connectivity index is 1.39. The van der Waals surface area contributed by atoms with Gasteiger partial charge in [0.15, 0.2) is 18.9 Å². The number of amides is 1. The highest BCUT2D eigenvalue weighted by atomic mass is 16.8. The molecule has 3 saturated heterocycles. The van der Waals surface area contributed by atoms with Crippen LogP contribution in [-0.2, 0) is 33.2 Å². The van der Waals surface area contributed by atoms with Gasteiger partial charge in [0.1, 0.15) is 73.2 Å². The van der Waals surface area contributed by atoms with Gasteiger partial charge in [-0.05, 0) is 57.8 Å². The van der Waals surface area contributed by atoms with E-state index in [0.29, 0.717) is 12.8 Å². The largest absolute Gasteiger partial charge is 0.394 e. The van der Waals surface area contributed by atoms with E-state index in [1.165, 1.54) is 25.7 Å². The molecule has 426 valence electrons. The second kappa shape index (κ2) is 38.7. The van der Waals surface area contributed by atoms with Crippen LogP contribution in [-0.4, -0.2) is 193 Å². The Bertz CT molecular complexity index is 1640. The van der Waals surface area contributed by atoms with Crippen molar-refractivity contribution >= 4 is 5.91 Å². The van der Waals surface area contributed by atoms with Crippen molar-refractivity contribution in [3.8, 4) is 0 Å². The van der Waals surface area contributed by atoms with Gasteiger partial charge in [0.2, 0.25) is 5.91 Å². The van der Waals surface area contributed by atoms with E-state index < -0.39 is 124 Å². The SMILES string of the molecule is CC/C=C\C/C=C\C/C=C\C/C=C\C/C=C\CCCCCCCCCCCC(=O)NC(COC1OC(CO)C(OC2OC(CO)C(OC3OC(CO)C(O)C(O)C3O)C(O)C2O)C(O)C1O)C(O)/C=C/CCCC. The number of unbranched alkanes of at least 4 members (excludes halogenated alkanes) is 11. The smallest absolute Gasteiger partial charge is 0.220 e. The van der Waals surface area contributed by atoms with Gasteiger partial charge in [0.25, 0.3) is 0 Å². The topological polar surface area (TPSA) is 307 Å². The summed E-state index contributed by atoms with van der Waals surface area (Å²) >= 11 is 0. The molecule has 1 amide bonds. The number of hydrogen-bond donors (Lipinski definition) is 12. The normalized spacial score (nSPS) is 32.0. The van der Waals surface area contributed by atoms with Crippen LogP contribution in [0.1, 0.15) is 136 Å². The van der Waals surface area contributed by atoms with Crippen LogP contribution in [0, 0.1) is 0 Å². The standard InChI is InChI=1S/C55H93NO18/c1-3-5-7-9-10-11-12-13-14-15-16-17-18-19-20-21-22-23-24-25-26-27-28-29-31-33-43(61)56-38(39(60)32-30-8-6-4-2)37-69-53-49(67)46(64)51(41(35-58)71-53)74-55-50(68)47(65)52(42(36-59)72-55)73-54-48(66)45(63)44(62)40(34-57)70-54/h5,7,10-11,13-14,16-17,19-20,30,32,38-42,44-55,57-60,62-68H,3-4,6,8-9,12,15,18,21-29,31,33-37H2,1-2H3,(H,56,61)/b7-5-,11-10-,14-13-,17-16-,20-19-,32-30+. The van der Waals surface area contributed by atoms with Crippen LogP contribution in [0.3, 0.4) is 0 Å². The van der Waals surface area contributed by atoms with E-state index in [0.717, 1.165) is 77.0 Å². The van der Waals surface area contributed by atoms with E-state index in [9.17, 15) is 61.0 Å². The molecule has 3 heterocycles. The van der Waals surface area contributed by atoms with E-state index in [-0.39, 0.29) is 18.9 Å². The number of carbonyl (C=O) groups is 1. The minimum Gasteiger partial charge on any atom is -0.394 e. The lowest BCUT2D eigenvalue weighted by Gasteiger charge is -2.48. The second-order valence-corrected chi connectivity index (χ2v) is 19.3. The molecule has 0 aromatic rings. The van der Waals surface area contributed by atoms with Crippen molar-refractivity contribution in [1.82, 2.24) is 5.32 Å². The number of allylic oxidation sites excluding steroid dienone is 11. The van der Waals surface area contributed by atoms with Crippen molar-refractivity contribution in [3.05, 3.63) is 72.9 Å². The van der Waals surface area contributed by atoms with Crippen molar-refractivity contribution < 1.29 is 89.4 Å². The summed E-state index contributed by atoms with van der Waals surface area (Å²) in [5.41, 5.74) is 0. The van der Waals surface area contributed by atoms with Crippen LogP contribution in [0.25, 0.3) is 0 Å². The Kier molecular flexibility index (Phi) is 34.3. The fourth-order valence-electron chi connectivity index (χ4n) is 8.73. The third-order valence-electron chi connectivity index (χ3n) is 13.3. The molecule has 12 N–H and O–H groups in total. The molecule has 74 heavy (non-hydrogen) atoms. The zero-order valence-corrected chi connectivity index (χ0v) is 43.8. The zero-order valence-electron chi connectivity index (χ0n) is 43.8. The lowest BCUT2D eigenvalue weighted by atomic mass is 9.96. The lowest BCUT2D eigenvalue weighted by molar-refractivity contribution is -0.379. The predicted octanol–water partition coefficient (Wildman–Crippen LogP) is 3.09. The summed E-state index contributed by atoms with van der Waals surface area (Å²) < 4.78 is 33.9. The molecule has 0 spiro atoms. The van der Waals surface area contributed by atoms with Gasteiger partial charge < -0.3 is 89.9 Å².